The van der Waals surface area contributed by atoms with Gasteiger partial charge in [0.15, 0.2) is 0 Å². The van der Waals surface area contributed by atoms with Crippen LogP contribution < -0.4 is 10.2 Å². The van der Waals surface area contributed by atoms with Crippen LogP contribution in [0.15, 0.2) is 24.3 Å². The molecule has 0 spiro atoms. The average molecular weight is 438 g/mol. The van der Waals surface area contributed by atoms with Gasteiger partial charge in [-0.1, -0.05) is 39.3 Å². The van der Waals surface area contributed by atoms with Crippen molar-refractivity contribution in [2.45, 2.75) is 66.2 Å². The third kappa shape index (κ3) is 6.53. The number of carbonyl (C=O) groups excluding carboxylic acids is 2. The highest BCUT2D eigenvalue weighted by molar-refractivity contribution is 6.30. The fraction of sp³-hybridized carbons (Fsp3) is 0.652. The van der Waals surface area contributed by atoms with E-state index in [0.29, 0.717) is 24.0 Å². The smallest absolute Gasteiger partial charge is 0.408 e. The molecule has 2 amide bonds. The number of hydrogen-bond acceptors (Lipinski definition) is 4. The Balaban J connectivity index is 2.13. The van der Waals surface area contributed by atoms with Gasteiger partial charge in [-0.15, -0.1) is 0 Å². The molecule has 1 fully saturated rings. The number of hydrogen-bond donors (Lipinski definition) is 1. The Bertz CT molecular complexity index is 728. The number of halogens is 1. The summed E-state index contributed by atoms with van der Waals surface area (Å²) in [7, 11) is 0. The highest BCUT2D eigenvalue weighted by Gasteiger charge is 2.36. The number of nitrogens with zero attached hydrogens (tertiary/aromatic N) is 2. The Morgan fingerprint density at radius 2 is 1.70 bits per heavy atom. The molecule has 30 heavy (non-hydrogen) atoms. The van der Waals surface area contributed by atoms with Crippen LogP contribution in [0, 0.1) is 11.8 Å². The highest BCUT2D eigenvalue weighted by Crippen LogP contribution is 2.27. The van der Waals surface area contributed by atoms with Gasteiger partial charge in [0.05, 0.1) is 0 Å². The van der Waals surface area contributed by atoms with Crippen molar-refractivity contribution in [2.75, 3.05) is 24.5 Å². The minimum absolute atomic E-state index is 0.0446. The molecule has 6 nitrogen and oxygen atoms in total. The van der Waals surface area contributed by atoms with Crippen molar-refractivity contribution in [2.24, 2.45) is 11.8 Å². The lowest BCUT2D eigenvalue weighted by atomic mass is 9.96. The Kier molecular flexibility index (Phi) is 8.03. The molecule has 1 N–H and O–H groups in total. The number of carbonyl (C=O) groups is 2. The van der Waals surface area contributed by atoms with E-state index >= 15 is 0 Å². The molecule has 1 aromatic carbocycles. The lowest BCUT2D eigenvalue weighted by molar-refractivity contribution is -0.135. The first kappa shape index (κ1) is 24.3. The molecule has 1 saturated heterocycles. The molecule has 1 aliphatic rings. The molecule has 168 valence electrons. The van der Waals surface area contributed by atoms with Gasteiger partial charge in [0, 0.05) is 36.4 Å². The molecule has 0 aliphatic carbocycles. The van der Waals surface area contributed by atoms with Gasteiger partial charge >= 0.3 is 6.09 Å². The van der Waals surface area contributed by atoms with E-state index in [1.807, 2.05) is 63.8 Å². The van der Waals surface area contributed by atoms with Crippen LogP contribution in [0.1, 0.15) is 48.5 Å². The molecule has 2 atom stereocenters. The summed E-state index contributed by atoms with van der Waals surface area (Å²) in [5, 5.41) is 3.49. The molecule has 1 heterocycles. The largest absolute Gasteiger partial charge is 0.444 e. The van der Waals surface area contributed by atoms with E-state index in [1.54, 1.807) is 0 Å². The van der Waals surface area contributed by atoms with E-state index in [9.17, 15) is 9.59 Å². The van der Waals surface area contributed by atoms with Crippen molar-refractivity contribution in [3.05, 3.63) is 29.3 Å². The average Bonchev–Trinajstić information content (AvgIpc) is 2.64. The molecule has 0 bridgehead atoms. The highest BCUT2D eigenvalue weighted by atomic mass is 35.5. The van der Waals surface area contributed by atoms with Crippen molar-refractivity contribution in [1.29, 1.82) is 0 Å². The quantitative estimate of drug-likeness (QED) is 0.733. The molecule has 0 aromatic heterocycles. The number of nitrogens with one attached hydrogen (secondary N) is 1. The third-order valence-electron chi connectivity index (χ3n) is 5.26. The van der Waals surface area contributed by atoms with E-state index in [0.717, 1.165) is 12.2 Å². The second-order valence-corrected chi connectivity index (χ2v) is 10.1. The maximum Gasteiger partial charge on any atom is 0.408 e. The molecule has 0 unspecified atom stereocenters. The van der Waals surface area contributed by atoms with E-state index < -0.39 is 17.7 Å². The SMILES string of the molecule is CC(C)[C@H](NC(=O)OC(C)(C)C)C(=O)N1CCN(c2ccc(Cl)cc2)[C@@H](C(C)C)C1. The molecular formula is C23H36ClN3O3. The second kappa shape index (κ2) is 9.90. The van der Waals surface area contributed by atoms with E-state index in [2.05, 4.69) is 24.1 Å². The molecule has 0 radical (unpaired) electrons. The predicted octanol–water partition coefficient (Wildman–Crippen LogP) is 4.56. The zero-order valence-corrected chi connectivity index (χ0v) is 20.0. The zero-order chi connectivity index (χ0) is 22.6. The Labute approximate surface area is 185 Å². The zero-order valence-electron chi connectivity index (χ0n) is 19.2. The Morgan fingerprint density at radius 1 is 1.10 bits per heavy atom. The van der Waals surface area contributed by atoms with Crippen LogP contribution in [-0.2, 0) is 9.53 Å². The van der Waals surface area contributed by atoms with Gasteiger partial charge in [-0.2, -0.15) is 0 Å². The fourth-order valence-electron chi connectivity index (χ4n) is 3.68. The molecular weight excluding hydrogens is 402 g/mol. The van der Waals surface area contributed by atoms with Crippen LogP contribution >= 0.6 is 11.6 Å². The number of anilines is 1. The van der Waals surface area contributed by atoms with Crippen LogP contribution in [-0.4, -0.2) is 54.2 Å². The van der Waals surface area contributed by atoms with Crippen LogP contribution in [0.3, 0.4) is 0 Å². The maximum atomic E-state index is 13.3. The molecule has 7 heteroatoms. The lowest BCUT2D eigenvalue weighted by Gasteiger charge is -2.45. The fourth-order valence-corrected chi connectivity index (χ4v) is 3.80. The van der Waals surface area contributed by atoms with Crippen molar-refractivity contribution >= 4 is 29.3 Å². The number of alkyl carbamates (subject to hydrolysis) is 1. The van der Waals surface area contributed by atoms with Crippen LogP contribution in [0.25, 0.3) is 0 Å². The number of ether oxygens (including phenoxy) is 1. The maximum absolute atomic E-state index is 13.3. The van der Waals surface area contributed by atoms with Crippen LogP contribution in [0.4, 0.5) is 10.5 Å². The first-order valence-corrected chi connectivity index (χ1v) is 11.1. The van der Waals surface area contributed by atoms with Gasteiger partial charge < -0.3 is 19.9 Å². The number of piperazine rings is 1. The first-order chi connectivity index (χ1) is 13.9. The minimum atomic E-state index is -0.616. The number of amides is 2. The minimum Gasteiger partial charge on any atom is -0.444 e. The summed E-state index contributed by atoms with van der Waals surface area (Å²) in [5.41, 5.74) is 0.499. The summed E-state index contributed by atoms with van der Waals surface area (Å²) < 4.78 is 5.36. The monoisotopic (exact) mass is 437 g/mol. The first-order valence-electron chi connectivity index (χ1n) is 10.7. The van der Waals surface area contributed by atoms with Gasteiger partial charge in [-0.25, -0.2) is 4.79 Å². The normalized spacial score (nSPS) is 18.5. The summed E-state index contributed by atoms with van der Waals surface area (Å²) in [4.78, 5) is 29.8. The molecule has 2 rings (SSSR count). The summed E-state index contributed by atoms with van der Waals surface area (Å²) in [5.74, 6) is 0.252. The third-order valence-corrected chi connectivity index (χ3v) is 5.52. The van der Waals surface area contributed by atoms with E-state index in [4.69, 9.17) is 16.3 Å². The molecule has 1 aromatic rings. The van der Waals surface area contributed by atoms with Crippen molar-refractivity contribution in [3.63, 3.8) is 0 Å². The predicted molar refractivity (Wildman–Crippen MR) is 122 cm³/mol. The van der Waals surface area contributed by atoms with E-state index in [-0.39, 0.29) is 17.9 Å². The molecule has 1 aliphatic heterocycles. The Morgan fingerprint density at radius 3 is 2.20 bits per heavy atom. The van der Waals surface area contributed by atoms with Gasteiger partial charge in [0.2, 0.25) is 5.91 Å². The molecule has 0 saturated carbocycles. The lowest BCUT2D eigenvalue weighted by Crippen LogP contribution is -2.61. The summed E-state index contributed by atoms with van der Waals surface area (Å²) in [6, 6.07) is 7.40. The summed E-state index contributed by atoms with van der Waals surface area (Å²) >= 11 is 6.04. The number of benzene rings is 1. The standard InChI is InChI=1S/C23H36ClN3O3/c1-15(2)19-14-26(12-13-27(19)18-10-8-17(24)9-11-18)21(28)20(16(3)4)25-22(29)30-23(5,6)7/h8-11,15-16,19-20H,12-14H2,1-7H3,(H,25,29)/t19-,20+/m1/s1. The summed E-state index contributed by atoms with van der Waals surface area (Å²) in [6.07, 6.45) is -0.560. The van der Waals surface area contributed by atoms with Gasteiger partial charge in [-0.05, 0) is 56.9 Å². The topological polar surface area (TPSA) is 61.9 Å². The Hall–Kier alpha value is -1.95. The second-order valence-electron chi connectivity index (χ2n) is 9.63. The van der Waals surface area contributed by atoms with Crippen molar-refractivity contribution in [3.8, 4) is 0 Å². The van der Waals surface area contributed by atoms with Crippen LogP contribution in [0.2, 0.25) is 5.02 Å². The van der Waals surface area contributed by atoms with Crippen LogP contribution in [0.5, 0.6) is 0 Å². The summed E-state index contributed by atoms with van der Waals surface area (Å²) in [6.45, 7) is 15.6. The number of rotatable bonds is 5. The van der Waals surface area contributed by atoms with Crippen molar-refractivity contribution in [1.82, 2.24) is 10.2 Å². The van der Waals surface area contributed by atoms with Gasteiger partial charge in [-0.3, -0.25) is 4.79 Å². The van der Waals surface area contributed by atoms with E-state index in [1.165, 1.54) is 0 Å². The van der Waals surface area contributed by atoms with Crippen molar-refractivity contribution < 1.29 is 14.3 Å². The van der Waals surface area contributed by atoms with Gasteiger partial charge in [0.25, 0.3) is 0 Å². The van der Waals surface area contributed by atoms with Gasteiger partial charge in [0.1, 0.15) is 11.6 Å².